The van der Waals surface area contributed by atoms with Crippen molar-refractivity contribution in [3.63, 3.8) is 0 Å². The molecular weight excluding hydrogens is 398 g/mol. The predicted octanol–water partition coefficient (Wildman–Crippen LogP) is 3.50. The van der Waals surface area contributed by atoms with Crippen LogP contribution in [0.2, 0.25) is 0 Å². The minimum absolute atomic E-state index is 0.185. The molecule has 0 heterocycles. The topological polar surface area (TPSA) is 72.9 Å². The lowest BCUT2D eigenvalue weighted by molar-refractivity contribution is -0.139. The van der Waals surface area contributed by atoms with Gasteiger partial charge in [-0.05, 0) is 38.1 Å². The monoisotopic (exact) mass is 423 g/mol. The number of anilines is 1. The number of sulfonamides is 1. The van der Waals surface area contributed by atoms with Crippen LogP contribution in [0.15, 0.2) is 53.4 Å². The Hall–Kier alpha value is -2.19. The molecule has 2 rings (SSSR count). The average molecular weight is 424 g/mol. The van der Waals surface area contributed by atoms with E-state index >= 15 is 0 Å². The molecular formula is C20H25NO5S2. The quantitative estimate of drug-likeness (QED) is 0.430. The molecule has 0 spiro atoms. The smallest absolute Gasteiger partial charge is 0.315 e. The number of rotatable bonds is 10. The van der Waals surface area contributed by atoms with Crippen molar-refractivity contribution < 1.29 is 22.7 Å². The van der Waals surface area contributed by atoms with Crippen molar-refractivity contribution in [1.29, 1.82) is 0 Å². The zero-order chi connectivity index (χ0) is 20.6. The second-order valence-electron chi connectivity index (χ2n) is 5.95. The first-order chi connectivity index (χ1) is 13.4. The fourth-order valence-corrected chi connectivity index (χ4v) is 4.78. The summed E-state index contributed by atoms with van der Waals surface area (Å²) >= 11 is 1.34. The lowest BCUT2D eigenvalue weighted by atomic mass is 10.2. The van der Waals surface area contributed by atoms with Gasteiger partial charge in [-0.2, -0.15) is 0 Å². The first-order valence-corrected chi connectivity index (χ1v) is 11.4. The number of methoxy groups -OCH3 is 1. The maximum Gasteiger partial charge on any atom is 0.315 e. The van der Waals surface area contributed by atoms with Gasteiger partial charge in [0.25, 0.3) is 10.0 Å². The number of hydrogen-bond acceptors (Lipinski definition) is 6. The summed E-state index contributed by atoms with van der Waals surface area (Å²) in [5.74, 6) is 0.897. The van der Waals surface area contributed by atoms with E-state index in [0.29, 0.717) is 23.8 Å². The van der Waals surface area contributed by atoms with Crippen LogP contribution in [0.5, 0.6) is 5.75 Å². The summed E-state index contributed by atoms with van der Waals surface area (Å²) in [5.41, 5.74) is 1.49. The van der Waals surface area contributed by atoms with Crippen molar-refractivity contribution in [3.8, 4) is 5.75 Å². The molecule has 8 heteroatoms. The maximum atomic E-state index is 13.3. The van der Waals surface area contributed by atoms with Crippen molar-refractivity contribution in [2.75, 3.05) is 36.1 Å². The van der Waals surface area contributed by atoms with E-state index in [0.717, 1.165) is 5.56 Å². The van der Waals surface area contributed by atoms with Gasteiger partial charge in [-0.1, -0.05) is 23.8 Å². The van der Waals surface area contributed by atoms with Crippen LogP contribution in [-0.4, -0.2) is 46.2 Å². The summed E-state index contributed by atoms with van der Waals surface area (Å²) in [6.07, 6.45) is 0. The van der Waals surface area contributed by atoms with E-state index in [1.807, 2.05) is 6.92 Å². The Labute approximate surface area is 170 Å². The third kappa shape index (κ3) is 5.90. The number of ether oxygens (including phenoxy) is 2. The molecule has 0 aliphatic rings. The molecule has 2 aromatic carbocycles. The second-order valence-corrected chi connectivity index (χ2v) is 8.92. The maximum absolute atomic E-state index is 13.3. The number of benzene rings is 2. The van der Waals surface area contributed by atoms with Gasteiger partial charge < -0.3 is 9.47 Å². The number of nitrogens with zero attached hydrogens (tertiary/aromatic N) is 1. The molecule has 0 unspecified atom stereocenters. The van der Waals surface area contributed by atoms with Crippen LogP contribution >= 0.6 is 11.8 Å². The Kier molecular flexibility index (Phi) is 8.19. The number of carbonyl (C=O) groups excluding carboxylic acids is 1. The van der Waals surface area contributed by atoms with Gasteiger partial charge in [0.2, 0.25) is 0 Å². The van der Waals surface area contributed by atoms with E-state index in [1.54, 1.807) is 55.5 Å². The summed E-state index contributed by atoms with van der Waals surface area (Å²) in [4.78, 5) is 11.7. The van der Waals surface area contributed by atoms with Gasteiger partial charge >= 0.3 is 5.97 Å². The highest BCUT2D eigenvalue weighted by Crippen LogP contribution is 2.27. The molecule has 0 N–H and O–H groups in total. The first-order valence-electron chi connectivity index (χ1n) is 8.85. The molecule has 2 aromatic rings. The Morgan fingerprint density at radius 3 is 2.50 bits per heavy atom. The molecule has 0 saturated heterocycles. The molecule has 152 valence electrons. The van der Waals surface area contributed by atoms with Crippen LogP contribution in [0.25, 0.3) is 0 Å². The highest BCUT2D eigenvalue weighted by Gasteiger charge is 2.25. The van der Waals surface area contributed by atoms with Gasteiger partial charge in [-0.25, -0.2) is 8.42 Å². The number of carbonyl (C=O) groups is 1. The molecule has 0 aliphatic heterocycles. The SMILES string of the molecule is CCOC(=O)CSCCN(c1cccc(OC)c1)S(=O)(=O)c1ccc(C)cc1. The van der Waals surface area contributed by atoms with E-state index in [4.69, 9.17) is 9.47 Å². The summed E-state index contributed by atoms with van der Waals surface area (Å²) in [6, 6.07) is 13.7. The molecule has 0 aliphatic carbocycles. The van der Waals surface area contributed by atoms with Gasteiger partial charge in [-0.15, -0.1) is 11.8 Å². The molecule has 28 heavy (non-hydrogen) atoms. The Morgan fingerprint density at radius 1 is 1.14 bits per heavy atom. The Bertz CT molecular complexity index is 882. The number of aryl methyl sites for hydroxylation is 1. The van der Waals surface area contributed by atoms with Crippen LogP contribution in [-0.2, 0) is 19.6 Å². The lowest BCUT2D eigenvalue weighted by Gasteiger charge is -2.25. The lowest BCUT2D eigenvalue weighted by Crippen LogP contribution is -2.33. The summed E-state index contributed by atoms with van der Waals surface area (Å²) in [7, 11) is -2.22. The van der Waals surface area contributed by atoms with E-state index in [9.17, 15) is 13.2 Å². The highest BCUT2D eigenvalue weighted by molar-refractivity contribution is 8.00. The molecule has 0 fully saturated rings. The van der Waals surface area contributed by atoms with Crippen LogP contribution in [0.1, 0.15) is 12.5 Å². The van der Waals surface area contributed by atoms with Gasteiger partial charge in [0, 0.05) is 18.4 Å². The number of esters is 1. The fourth-order valence-electron chi connectivity index (χ4n) is 2.50. The summed E-state index contributed by atoms with van der Waals surface area (Å²) < 4.78 is 38.0. The minimum Gasteiger partial charge on any atom is -0.497 e. The largest absolute Gasteiger partial charge is 0.497 e. The molecule has 6 nitrogen and oxygen atoms in total. The third-order valence-electron chi connectivity index (χ3n) is 3.91. The van der Waals surface area contributed by atoms with E-state index in [1.165, 1.54) is 23.2 Å². The zero-order valence-electron chi connectivity index (χ0n) is 16.3. The first kappa shape index (κ1) is 22.1. The molecule has 0 aromatic heterocycles. The number of thioether (sulfide) groups is 1. The standard InChI is InChI=1S/C20H25NO5S2/c1-4-26-20(22)15-27-13-12-21(17-6-5-7-18(14-17)25-3)28(23,24)19-10-8-16(2)9-11-19/h5-11,14H,4,12-13,15H2,1-3H3. The minimum atomic E-state index is -3.76. The average Bonchev–Trinajstić information content (AvgIpc) is 2.68. The van der Waals surface area contributed by atoms with Crippen molar-refractivity contribution >= 4 is 33.4 Å². The van der Waals surface area contributed by atoms with E-state index in [2.05, 4.69) is 0 Å². The highest BCUT2D eigenvalue weighted by atomic mass is 32.2. The van der Waals surface area contributed by atoms with Crippen molar-refractivity contribution in [1.82, 2.24) is 0 Å². The summed E-state index contributed by atoms with van der Waals surface area (Å²) in [6.45, 7) is 4.20. The Balaban J connectivity index is 2.25. The molecule has 0 amide bonds. The molecule has 0 saturated carbocycles. The second kappa shape index (κ2) is 10.4. The summed E-state index contributed by atoms with van der Waals surface area (Å²) in [5, 5.41) is 0. The van der Waals surface area contributed by atoms with Gasteiger partial charge in [-0.3, -0.25) is 9.10 Å². The van der Waals surface area contributed by atoms with Crippen LogP contribution < -0.4 is 9.04 Å². The van der Waals surface area contributed by atoms with E-state index in [-0.39, 0.29) is 23.2 Å². The zero-order valence-corrected chi connectivity index (χ0v) is 17.9. The number of hydrogen-bond donors (Lipinski definition) is 0. The van der Waals surface area contributed by atoms with Crippen molar-refractivity contribution in [3.05, 3.63) is 54.1 Å². The normalized spacial score (nSPS) is 11.1. The predicted molar refractivity (Wildman–Crippen MR) is 113 cm³/mol. The third-order valence-corrected chi connectivity index (χ3v) is 6.67. The van der Waals surface area contributed by atoms with Crippen molar-refractivity contribution in [2.24, 2.45) is 0 Å². The van der Waals surface area contributed by atoms with Crippen LogP contribution in [0.3, 0.4) is 0 Å². The Morgan fingerprint density at radius 2 is 1.86 bits per heavy atom. The van der Waals surface area contributed by atoms with Crippen LogP contribution in [0, 0.1) is 6.92 Å². The van der Waals surface area contributed by atoms with Gasteiger partial charge in [0.15, 0.2) is 0 Å². The molecule has 0 radical (unpaired) electrons. The fraction of sp³-hybridized carbons (Fsp3) is 0.350. The van der Waals surface area contributed by atoms with Gasteiger partial charge in [0.1, 0.15) is 5.75 Å². The van der Waals surface area contributed by atoms with Crippen molar-refractivity contribution in [2.45, 2.75) is 18.7 Å². The molecule has 0 bridgehead atoms. The molecule has 0 atom stereocenters. The van der Waals surface area contributed by atoms with E-state index < -0.39 is 10.0 Å². The van der Waals surface area contributed by atoms with Crippen LogP contribution in [0.4, 0.5) is 5.69 Å². The van der Waals surface area contributed by atoms with Gasteiger partial charge in [0.05, 0.1) is 30.1 Å².